The first-order valence-electron chi connectivity index (χ1n) is 4.30. The summed E-state index contributed by atoms with van der Waals surface area (Å²) in [5, 5.41) is 0. The minimum absolute atomic E-state index is 0.320. The molecule has 0 atom stereocenters. The highest BCUT2D eigenvalue weighted by atomic mass is 79.9. The number of thiazole rings is 1. The second-order valence-corrected chi connectivity index (χ2v) is 5.03. The van der Waals surface area contributed by atoms with Crippen molar-refractivity contribution in [3.05, 3.63) is 21.9 Å². The number of carbonyl (C=O) groups excluding carboxylic acids is 1. The third-order valence-corrected chi connectivity index (χ3v) is 3.20. The Bertz CT molecular complexity index is 512. The van der Waals surface area contributed by atoms with Crippen LogP contribution in [0.1, 0.15) is 17.4 Å². The van der Waals surface area contributed by atoms with Crippen LogP contribution in [0.5, 0.6) is 0 Å². The molecule has 0 bridgehead atoms. The summed E-state index contributed by atoms with van der Waals surface area (Å²) in [5.41, 5.74) is 1.10. The van der Waals surface area contributed by atoms with Gasteiger partial charge in [-0.2, -0.15) is 0 Å². The summed E-state index contributed by atoms with van der Waals surface area (Å²) in [4.78, 5) is 19.6. The van der Waals surface area contributed by atoms with Gasteiger partial charge in [0, 0.05) is 0 Å². The lowest BCUT2D eigenvalue weighted by molar-refractivity contribution is 0.0520. The van der Waals surface area contributed by atoms with E-state index in [1.54, 1.807) is 19.2 Å². The number of halogens is 1. The fourth-order valence-corrected chi connectivity index (χ4v) is 2.53. The number of esters is 1. The Morgan fingerprint density at radius 3 is 3.20 bits per heavy atom. The first-order chi connectivity index (χ1) is 7.20. The van der Waals surface area contributed by atoms with Crippen molar-refractivity contribution in [3.63, 3.8) is 0 Å². The van der Waals surface area contributed by atoms with E-state index in [1.165, 1.54) is 11.3 Å². The molecule has 0 spiro atoms. The lowest BCUT2D eigenvalue weighted by Gasteiger charge is -1.99. The van der Waals surface area contributed by atoms with Gasteiger partial charge in [-0.25, -0.2) is 14.8 Å². The number of carbonyl (C=O) groups is 1. The maximum Gasteiger partial charge on any atom is 0.356 e. The molecule has 0 aliphatic carbocycles. The van der Waals surface area contributed by atoms with Gasteiger partial charge < -0.3 is 4.74 Å². The quantitative estimate of drug-likeness (QED) is 0.797. The van der Waals surface area contributed by atoms with Crippen LogP contribution in [-0.2, 0) is 4.74 Å². The minimum Gasteiger partial charge on any atom is -0.461 e. The highest BCUT2D eigenvalue weighted by Crippen LogP contribution is 2.25. The number of aromatic nitrogens is 2. The van der Waals surface area contributed by atoms with Crippen LogP contribution in [0.15, 0.2) is 16.2 Å². The lowest BCUT2D eigenvalue weighted by Crippen LogP contribution is -2.06. The van der Waals surface area contributed by atoms with E-state index in [9.17, 15) is 4.79 Å². The van der Waals surface area contributed by atoms with Gasteiger partial charge in [0.1, 0.15) is 11.2 Å². The first-order valence-corrected chi connectivity index (χ1v) is 5.91. The summed E-state index contributed by atoms with van der Waals surface area (Å²) in [7, 11) is 0. The van der Waals surface area contributed by atoms with Gasteiger partial charge in [-0.15, -0.1) is 11.3 Å². The average Bonchev–Trinajstić information content (AvgIpc) is 2.57. The largest absolute Gasteiger partial charge is 0.461 e. The zero-order valence-electron chi connectivity index (χ0n) is 7.86. The minimum atomic E-state index is -0.399. The third kappa shape index (κ3) is 2.15. The van der Waals surface area contributed by atoms with Crippen LogP contribution < -0.4 is 0 Å². The van der Waals surface area contributed by atoms with Gasteiger partial charge in [-0.1, -0.05) is 0 Å². The van der Waals surface area contributed by atoms with Gasteiger partial charge in [-0.05, 0) is 28.9 Å². The lowest BCUT2D eigenvalue weighted by atomic mass is 10.3. The number of hydrogen-bond donors (Lipinski definition) is 0. The summed E-state index contributed by atoms with van der Waals surface area (Å²) in [6.07, 6.45) is 1.57. The third-order valence-electron chi connectivity index (χ3n) is 1.73. The Morgan fingerprint density at radius 1 is 1.67 bits per heavy atom. The molecule has 2 heterocycles. The molecule has 0 fully saturated rings. The second kappa shape index (κ2) is 4.24. The zero-order valence-corrected chi connectivity index (χ0v) is 10.3. The molecular formula is C9H7BrN2O2S. The predicted molar refractivity (Wildman–Crippen MR) is 61.1 cm³/mol. The van der Waals surface area contributed by atoms with Gasteiger partial charge in [-0.3, -0.25) is 0 Å². The van der Waals surface area contributed by atoms with Crippen molar-refractivity contribution >= 4 is 43.5 Å². The number of rotatable bonds is 2. The molecule has 0 radical (unpaired) electrons. The summed E-state index contributed by atoms with van der Waals surface area (Å²) in [6, 6.07) is 1.69. The van der Waals surface area contributed by atoms with Crippen molar-refractivity contribution in [2.45, 2.75) is 6.92 Å². The number of ether oxygens (including phenoxy) is 1. The van der Waals surface area contributed by atoms with E-state index in [1.807, 2.05) is 0 Å². The molecule has 15 heavy (non-hydrogen) atoms. The van der Waals surface area contributed by atoms with E-state index in [0.29, 0.717) is 12.3 Å². The van der Waals surface area contributed by atoms with E-state index in [4.69, 9.17) is 4.74 Å². The van der Waals surface area contributed by atoms with Gasteiger partial charge in [0.05, 0.1) is 17.5 Å². The number of hydrogen-bond acceptors (Lipinski definition) is 5. The summed E-state index contributed by atoms with van der Waals surface area (Å²) >= 11 is 4.74. The molecule has 78 valence electrons. The molecule has 0 amide bonds. The van der Waals surface area contributed by atoms with Gasteiger partial charge in [0.25, 0.3) is 0 Å². The number of pyridine rings is 1. The molecule has 0 N–H and O–H groups in total. The van der Waals surface area contributed by atoms with Crippen LogP contribution in [0.2, 0.25) is 0 Å². The van der Waals surface area contributed by atoms with Crippen molar-refractivity contribution < 1.29 is 9.53 Å². The summed E-state index contributed by atoms with van der Waals surface area (Å²) < 4.78 is 6.55. The number of nitrogens with zero attached hydrogens (tertiary/aromatic N) is 2. The van der Waals surface area contributed by atoms with Crippen LogP contribution in [-0.4, -0.2) is 22.5 Å². The normalized spacial score (nSPS) is 10.5. The standard InChI is InChI=1S/C9H7BrN2O2S/c1-2-14-8(13)5-3-7-6(4-11-5)12-9(10)15-7/h3-4H,2H2,1H3. The fraction of sp³-hybridized carbons (Fsp3) is 0.222. The topological polar surface area (TPSA) is 52.1 Å². The van der Waals surface area contributed by atoms with Crippen LogP contribution in [0, 0.1) is 0 Å². The Balaban J connectivity index is 2.41. The Hall–Kier alpha value is -1.01. The Labute approximate surface area is 98.4 Å². The fourth-order valence-electron chi connectivity index (χ4n) is 1.12. The molecule has 6 heteroatoms. The maximum atomic E-state index is 11.4. The molecule has 2 aromatic rings. The number of fused-ring (bicyclic) bond motifs is 1. The van der Waals surface area contributed by atoms with E-state index in [0.717, 1.165) is 14.1 Å². The molecule has 0 aliphatic rings. The summed E-state index contributed by atoms with van der Waals surface area (Å²) in [5.74, 6) is -0.399. The molecule has 0 saturated carbocycles. The van der Waals surface area contributed by atoms with Crippen LogP contribution in [0.25, 0.3) is 10.2 Å². The average molecular weight is 287 g/mol. The van der Waals surface area contributed by atoms with Crippen molar-refractivity contribution in [2.75, 3.05) is 6.61 Å². The van der Waals surface area contributed by atoms with E-state index >= 15 is 0 Å². The molecule has 0 unspecified atom stereocenters. The van der Waals surface area contributed by atoms with E-state index < -0.39 is 5.97 Å². The predicted octanol–water partition coefficient (Wildman–Crippen LogP) is 2.63. The molecule has 0 aromatic carbocycles. The van der Waals surface area contributed by atoms with Crippen molar-refractivity contribution in [3.8, 4) is 0 Å². The smallest absolute Gasteiger partial charge is 0.356 e. The monoisotopic (exact) mass is 286 g/mol. The molecule has 0 aliphatic heterocycles. The van der Waals surface area contributed by atoms with Crippen LogP contribution in [0.3, 0.4) is 0 Å². The SMILES string of the molecule is CCOC(=O)c1cc2sc(Br)nc2cn1. The van der Waals surface area contributed by atoms with Crippen molar-refractivity contribution in [1.82, 2.24) is 9.97 Å². The maximum absolute atomic E-state index is 11.4. The van der Waals surface area contributed by atoms with Crippen molar-refractivity contribution in [1.29, 1.82) is 0 Å². The van der Waals surface area contributed by atoms with Gasteiger partial charge >= 0.3 is 5.97 Å². The van der Waals surface area contributed by atoms with Crippen molar-refractivity contribution in [2.24, 2.45) is 0 Å². The second-order valence-electron chi connectivity index (χ2n) is 2.72. The van der Waals surface area contributed by atoms with E-state index in [-0.39, 0.29) is 0 Å². The van der Waals surface area contributed by atoms with Gasteiger partial charge in [0.2, 0.25) is 0 Å². The Kier molecular flexibility index (Phi) is 2.97. The molecule has 0 saturated heterocycles. The molecular weight excluding hydrogens is 280 g/mol. The highest BCUT2D eigenvalue weighted by molar-refractivity contribution is 9.11. The first kappa shape index (κ1) is 10.5. The molecule has 2 rings (SSSR count). The van der Waals surface area contributed by atoms with Gasteiger partial charge in [0.15, 0.2) is 3.92 Å². The van der Waals surface area contributed by atoms with E-state index in [2.05, 4.69) is 25.9 Å². The zero-order chi connectivity index (χ0) is 10.8. The van der Waals surface area contributed by atoms with Crippen LogP contribution in [0.4, 0.5) is 0 Å². The molecule has 2 aromatic heterocycles. The molecule has 4 nitrogen and oxygen atoms in total. The summed E-state index contributed by atoms with van der Waals surface area (Å²) in [6.45, 7) is 2.12. The Morgan fingerprint density at radius 2 is 2.47 bits per heavy atom. The highest BCUT2D eigenvalue weighted by Gasteiger charge is 2.10. The van der Waals surface area contributed by atoms with Crippen LogP contribution >= 0.6 is 27.3 Å².